The van der Waals surface area contributed by atoms with E-state index in [9.17, 15) is 5.11 Å². The first-order valence-corrected chi connectivity index (χ1v) is 6.46. The third-order valence-electron chi connectivity index (χ3n) is 3.15. The minimum atomic E-state index is 0.146. The van der Waals surface area contributed by atoms with Crippen LogP contribution in [-0.4, -0.2) is 11.7 Å². The van der Waals surface area contributed by atoms with Crippen LogP contribution in [0, 0.1) is 5.92 Å². The van der Waals surface area contributed by atoms with Crippen molar-refractivity contribution in [3.63, 3.8) is 0 Å². The van der Waals surface area contributed by atoms with Crippen LogP contribution in [0.1, 0.15) is 24.8 Å². The maximum Gasteiger partial charge on any atom is 0.134 e. The number of halogens is 1. The number of hydrogen-bond acceptors (Lipinski definition) is 2. The Morgan fingerprint density at radius 2 is 2.24 bits per heavy atom. The van der Waals surface area contributed by atoms with Gasteiger partial charge in [-0.05, 0) is 49.4 Å². The number of aromatic hydroxyl groups is 1. The van der Waals surface area contributed by atoms with Gasteiger partial charge < -0.3 is 10.4 Å². The molecule has 0 fully saturated rings. The van der Waals surface area contributed by atoms with Crippen molar-refractivity contribution in [2.45, 2.75) is 25.8 Å². The van der Waals surface area contributed by atoms with Gasteiger partial charge in [-0.2, -0.15) is 0 Å². The molecule has 0 amide bonds. The van der Waals surface area contributed by atoms with Crippen molar-refractivity contribution in [1.82, 2.24) is 5.32 Å². The molecule has 1 unspecified atom stereocenters. The number of phenols is 1. The zero-order valence-electron chi connectivity index (χ0n) is 9.82. The second-order valence-corrected chi connectivity index (χ2v) is 4.97. The Kier molecular flexibility index (Phi) is 4.46. The molecular weight excluding hydrogens is 234 g/mol. The molecule has 92 valence electrons. The summed E-state index contributed by atoms with van der Waals surface area (Å²) >= 11 is 5.85. The molecule has 0 bridgehead atoms. The van der Waals surface area contributed by atoms with E-state index >= 15 is 0 Å². The lowest BCUT2D eigenvalue weighted by atomic mass is 9.94. The third kappa shape index (κ3) is 3.76. The highest BCUT2D eigenvalue weighted by Gasteiger charge is 2.09. The summed E-state index contributed by atoms with van der Waals surface area (Å²) < 4.78 is 0. The van der Waals surface area contributed by atoms with Crippen molar-refractivity contribution in [2.75, 3.05) is 6.54 Å². The molecule has 1 atom stereocenters. The van der Waals surface area contributed by atoms with Gasteiger partial charge in [-0.15, -0.1) is 0 Å². The summed E-state index contributed by atoms with van der Waals surface area (Å²) in [4.78, 5) is 0. The predicted molar refractivity (Wildman–Crippen MR) is 71.3 cm³/mol. The largest absolute Gasteiger partial charge is 0.506 e. The van der Waals surface area contributed by atoms with Crippen molar-refractivity contribution in [1.29, 1.82) is 0 Å². The molecule has 1 aromatic rings. The quantitative estimate of drug-likeness (QED) is 0.803. The van der Waals surface area contributed by atoms with E-state index in [1.54, 1.807) is 6.07 Å². The summed E-state index contributed by atoms with van der Waals surface area (Å²) in [6.07, 6.45) is 8.20. The number of phenolic OH excluding ortho intramolecular Hbond substituents is 1. The van der Waals surface area contributed by atoms with Gasteiger partial charge >= 0.3 is 0 Å². The molecule has 0 aromatic heterocycles. The van der Waals surface area contributed by atoms with Crippen molar-refractivity contribution in [3.8, 4) is 5.75 Å². The van der Waals surface area contributed by atoms with Gasteiger partial charge in [0.25, 0.3) is 0 Å². The minimum absolute atomic E-state index is 0.146. The lowest BCUT2D eigenvalue weighted by molar-refractivity contribution is 0.440. The van der Waals surface area contributed by atoms with Crippen molar-refractivity contribution < 1.29 is 5.11 Å². The third-order valence-corrected chi connectivity index (χ3v) is 3.45. The van der Waals surface area contributed by atoms with Gasteiger partial charge in [0.15, 0.2) is 0 Å². The summed E-state index contributed by atoms with van der Waals surface area (Å²) in [5.74, 6) is 0.903. The smallest absolute Gasteiger partial charge is 0.134 e. The number of rotatable bonds is 4. The summed E-state index contributed by atoms with van der Waals surface area (Å²) in [7, 11) is 0. The Bertz CT molecular complexity index is 403. The fourth-order valence-corrected chi connectivity index (χ4v) is 2.33. The molecule has 1 aliphatic carbocycles. The van der Waals surface area contributed by atoms with E-state index in [1.165, 1.54) is 19.3 Å². The van der Waals surface area contributed by atoms with E-state index in [2.05, 4.69) is 17.5 Å². The van der Waals surface area contributed by atoms with Gasteiger partial charge in [-0.25, -0.2) is 0 Å². The topological polar surface area (TPSA) is 32.3 Å². The van der Waals surface area contributed by atoms with Crippen LogP contribution in [0.3, 0.4) is 0 Å². The number of benzene rings is 1. The monoisotopic (exact) mass is 251 g/mol. The van der Waals surface area contributed by atoms with Crippen molar-refractivity contribution in [2.24, 2.45) is 5.92 Å². The molecule has 0 saturated carbocycles. The van der Waals surface area contributed by atoms with Crippen molar-refractivity contribution >= 4 is 11.6 Å². The van der Waals surface area contributed by atoms with Gasteiger partial charge in [-0.1, -0.05) is 29.8 Å². The Balaban J connectivity index is 1.77. The molecular formula is C14H18ClNO. The van der Waals surface area contributed by atoms with Gasteiger partial charge in [-0.3, -0.25) is 0 Å². The number of nitrogens with one attached hydrogen (secondary N) is 1. The molecule has 0 saturated heterocycles. The van der Waals surface area contributed by atoms with Crippen LogP contribution < -0.4 is 5.32 Å². The molecule has 1 aliphatic rings. The molecule has 17 heavy (non-hydrogen) atoms. The van der Waals surface area contributed by atoms with Crippen LogP contribution in [0.4, 0.5) is 0 Å². The molecule has 0 radical (unpaired) electrons. The van der Waals surface area contributed by atoms with Gasteiger partial charge in [0.1, 0.15) is 5.75 Å². The van der Waals surface area contributed by atoms with Crippen LogP contribution in [0.5, 0.6) is 5.75 Å². The average Bonchev–Trinajstić information content (AvgIpc) is 2.35. The first kappa shape index (κ1) is 12.5. The maximum absolute atomic E-state index is 9.31. The van der Waals surface area contributed by atoms with Crippen molar-refractivity contribution in [3.05, 3.63) is 40.9 Å². The Morgan fingerprint density at radius 1 is 1.35 bits per heavy atom. The van der Waals surface area contributed by atoms with E-state index in [0.29, 0.717) is 5.02 Å². The Hall–Kier alpha value is -0.990. The van der Waals surface area contributed by atoms with Crippen LogP contribution in [0.2, 0.25) is 5.02 Å². The summed E-state index contributed by atoms with van der Waals surface area (Å²) in [6, 6.07) is 5.35. The molecule has 2 rings (SSSR count). The summed E-state index contributed by atoms with van der Waals surface area (Å²) in [5.41, 5.74) is 1.11. The molecule has 0 aliphatic heterocycles. The maximum atomic E-state index is 9.31. The van der Waals surface area contributed by atoms with Crippen LogP contribution in [0.25, 0.3) is 0 Å². The predicted octanol–water partition coefficient (Wildman–Crippen LogP) is 3.49. The molecule has 1 aromatic carbocycles. The molecule has 2 nitrogen and oxygen atoms in total. The zero-order valence-corrected chi connectivity index (χ0v) is 10.6. The normalized spacial score (nSPS) is 19.5. The van der Waals surface area contributed by atoms with E-state index < -0.39 is 0 Å². The van der Waals surface area contributed by atoms with Gasteiger partial charge in [0, 0.05) is 6.54 Å². The van der Waals surface area contributed by atoms with E-state index in [4.69, 9.17) is 11.6 Å². The van der Waals surface area contributed by atoms with Crippen LogP contribution in [-0.2, 0) is 6.54 Å². The lowest BCUT2D eigenvalue weighted by Crippen LogP contribution is -2.23. The van der Waals surface area contributed by atoms with Crippen LogP contribution >= 0.6 is 11.6 Å². The highest BCUT2D eigenvalue weighted by Crippen LogP contribution is 2.23. The van der Waals surface area contributed by atoms with E-state index in [1.807, 2.05) is 12.1 Å². The fourth-order valence-electron chi connectivity index (χ4n) is 2.12. The molecule has 0 heterocycles. The second-order valence-electron chi connectivity index (χ2n) is 4.57. The Morgan fingerprint density at radius 3 is 2.94 bits per heavy atom. The van der Waals surface area contributed by atoms with Gasteiger partial charge in [0.2, 0.25) is 0 Å². The fraction of sp³-hybridized carbons (Fsp3) is 0.429. The molecule has 3 heteroatoms. The van der Waals surface area contributed by atoms with Crippen LogP contribution in [0.15, 0.2) is 30.4 Å². The summed E-state index contributed by atoms with van der Waals surface area (Å²) in [5, 5.41) is 13.2. The second kappa shape index (κ2) is 6.08. The highest BCUT2D eigenvalue weighted by atomic mass is 35.5. The lowest BCUT2D eigenvalue weighted by Gasteiger charge is -2.18. The number of hydrogen-bond donors (Lipinski definition) is 2. The molecule has 0 spiro atoms. The standard InChI is InChI=1S/C14H18ClNO/c15-13-8-12(6-7-14(13)17)10-16-9-11-4-2-1-3-5-11/h1-2,6-8,11,16-17H,3-5,9-10H2. The SMILES string of the molecule is Oc1ccc(CNCC2CC=CCC2)cc1Cl. The average molecular weight is 252 g/mol. The summed E-state index contributed by atoms with van der Waals surface area (Å²) in [6.45, 7) is 1.85. The zero-order chi connectivity index (χ0) is 12.1. The minimum Gasteiger partial charge on any atom is -0.506 e. The highest BCUT2D eigenvalue weighted by molar-refractivity contribution is 6.32. The van der Waals surface area contributed by atoms with E-state index in [0.717, 1.165) is 24.6 Å². The molecule has 2 N–H and O–H groups in total. The Labute approximate surface area is 107 Å². The first-order valence-electron chi connectivity index (χ1n) is 6.09. The van der Waals surface area contributed by atoms with E-state index in [-0.39, 0.29) is 5.75 Å². The first-order chi connectivity index (χ1) is 8.25. The van der Waals surface area contributed by atoms with Gasteiger partial charge in [0.05, 0.1) is 5.02 Å². The number of allylic oxidation sites excluding steroid dienone is 2.